The van der Waals surface area contributed by atoms with Crippen LogP contribution in [0.5, 0.6) is 0 Å². The first-order valence-corrected chi connectivity index (χ1v) is 6.70. The summed E-state index contributed by atoms with van der Waals surface area (Å²) in [6, 6.07) is 0. The smallest absolute Gasteiger partial charge is 0.0700 e. The van der Waals surface area contributed by atoms with Gasteiger partial charge >= 0.3 is 0 Å². The summed E-state index contributed by atoms with van der Waals surface area (Å²) in [5.41, 5.74) is -0.222. The zero-order valence-electron chi connectivity index (χ0n) is 11.6. The standard InChI is InChI=1S/C13H29NO3/c1-4-7-14-13(3,12-15)6-9-17-11-10-16-8-5-2/h14-15H,4-12H2,1-3H3. The van der Waals surface area contributed by atoms with Crippen LogP contribution in [-0.4, -0.2) is 50.2 Å². The van der Waals surface area contributed by atoms with E-state index in [1.807, 2.05) is 6.92 Å². The Kier molecular flexibility index (Phi) is 10.9. The summed E-state index contributed by atoms with van der Waals surface area (Å²) in [6.07, 6.45) is 2.93. The number of ether oxygens (including phenoxy) is 2. The monoisotopic (exact) mass is 247 g/mol. The fourth-order valence-corrected chi connectivity index (χ4v) is 1.41. The lowest BCUT2D eigenvalue weighted by molar-refractivity contribution is 0.0345. The SMILES string of the molecule is CCCNC(C)(CO)CCOCCOCCC. The van der Waals surface area contributed by atoms with Crippen molar-refractivity contribution >= 4 is 0 Å². The molecule has 0 heterocycles. The molecule has 0 saturated carbocycles. The topological polar surface area (TPSA) is 50.7 Å². The minimum Gasteiger partial charge on any atom is -0.394 e. The molecule has 2 N–H and O–H groups in total. The zero-order chi connectivity index (χ0) is 13.0. The van der Waals surface area contributed by atoms with Crippen LogP contribution in [0.4, 0.5) is 0 Å². The highest BCUT2D eigenvalue weighted by molar-refractivity contribution is 4.81. The Morgan fingerprint density at radius 2 is 1.65 bits per heavy atom. The summed E-state index contributed by atoms with van der Waals surface area (Å²) >= 11 is 0. The van der Waals surface area contributed by atoms with Gasteiger partial charge in [-0.2, -0.15) is 0 Å². The second kappa shape index (κ2) is 11.0. The molecule has 0 bridgehead atoms. The Hall–Kier alpha value is -0.160. The molecule has 4 nitrogen and oxygen atoms in total. The van der Waals surface area contributed by atoms with Crippen molar-refractivity contribution in [2.24, 2.45) is 0 Å². The molecule has 0 saturated heterocycles. The molecule has 0 aliphatic carbocycles. The van der Waals surface area contributed by atoms with Gasteiger partial charge in [0.1, 0.15) is 0 Å². The van der Waals surface area contributed by atoms with Crippen LogP contribution in [0, 0.1) is 0 Å². The van der Waals surface area contributed by atoms with Gasteiger partial charge in [0.15, 0.2) is 0 Å². The molecule has 104 valence electrons. The maximum Gasteiger partial charge on any atom is 0.0700 e. The first-order chi connectivity index (χ1) is 8.18. The van der Waals surface area contributed by atoms with Crippen LogP contribution in [0.15, 0.2) is 0 Å². The normalized spacial score (nSPS) is 14.8. The third kappa shape index (κ3) is 9.53. The van der Waals surface area contributed by atoms with Gasteiger partial charge in [0.05, 0.1) is 19.8 Å². The highest BCUT2D eigenvalue weighted by atomic mass is 16.5. The highest BCUT2D eigenvalue weighted by Gasteiger charge is 2.21. The molecule has 1 unspecified atom stereocenters. The lowest BCUT2D eigenvalue weighted by atomic mass is 9.99. The molecule has 0 aromatic rings. The third-order valence-electron chi connectivity index (χ3n) is 2.67. The van der Waals surface area contributed by atoms with E-state index in [1.54, 1.807) is 0 Å². The Labute approximate surface area is 106 Å². The predicted octanol–water partition coefficient (Wildman–Crippen LogP) is 1.57. The maximum absolute atomic E-state index is 9.34. The first-order valence-electron chi connectivity index (χ1n) is 6.70. The minimum atomic E-state index is -0.222. The van der Waals surface area contributed by atoms with Crippen LogP contribution in [-0.2, 0) is 9.47 Å². The number of aliphatic hydroxyl groups excluding tert-OH is 1. The Morgan fingerprint density at radius 3 is 2.18 bits per heavy atom. The summed E-state index contributed by atoms with van der Waals surface area (Å²) in [7, 11) is 0. The van der Waals surface area contributed by atoms with Crippen molar-refractivity contribution < 1.29 is 14.6 Å². The van der Waals surface area contributed by atoms with E-state index in [1.165, 1.54) is 0 Å². The quantitative estimate of drug-likeness (QED) is 0.514. The van der Waals surface area contributed by atoms with Crippen molar-refractivity contribution in [2.45, 2.75) is 45.6 Å². The molecule has 0 aromatic carbocycles. The molecule has 0 fully saturated rings. The molecule has 4 heteroatoms. The molecular formula is C13H29NO3. The average Bonchev–Trinajstić information content (AvgIpc) is 2.35. The van der Waals surface area contributed by atoms with Crippen molar-refractivity contribution in [1.29, 1.82) is 0 Å². The van der Waals surface area contributed by atoms with E-state index >= 15 is 0 Å². The van der Waals surface area contributed by atoms with Gasteiger partial charge in [0.25, 0.3) is 0 Å². The van der Waals surface area contributed by atoms with Crippen LogP contribution in [0.2, 0.25) is 0 Å². The average molecular weight is 247 g/mol. The Balaban J connectivity index is 3.48. The van der Waals surface area contributed by atoms with E-state index in [-0.39, 0.29) is 12.1 Å². The van der Waals surface area contributed by atoms with E-state index in [0.29, 0.717) is 19.8 Å². The molecule has 0 aliphatic rings. The number of aliphatic hydroxyl groups is 1. The molecular weight excluding hydrogens is 218 g/mol. The molecule has 0 spiro atoms. The summed E-state index contributed by atoms with van der Waals surface area (Å²) in [5.74, 6) is 0. The van der Waals surface area contributed by atoms with Crippen molar-refractivity contribution in [2.75, 3.05) is 39.6 Å². The van der Waals surface area contributed by atoms with Gasteiger partial charge < -0.3 is 19.9 Å². The van der Waals surface area contributed by atoms with E-state index in [9.17, 15) is 5.11 Å². The van der Waals surface area contributed by atoms with Crippen LogP contribution in [0.3, 0.4) is 0 Å². The summed E-state index contributed by atoms with van der Waals surface area (Å²) < 4.78 is 10.8. The molecule has 1 atom stereocenters. The summed E-state index contributed by atoms with van der Waals surface area (Å²) in [5, 5.41) is 12.7. The summed E-state index contributed by atoms with van der Waals surface area (Å²) in [6.45, 7) is 10.1. The number of nitrogens with one attached hydrogen (secondary N) is 1. The second-order valence-corrected chi connectivity index (χ2v) is 4.62. The van der Waals surface area contributed by atoms with E-state index < -0.39 is 0 Å². The van der Waals surface area contributed by atoms with Gasteiger partial charge in [0.2, 0.25) is 0 Å². The first kappa shape index (κ1) is 16.8. The number of rotatable bonds is 12. The van der Waals surface area contributed by atoms with Crippen LogP contribution in [0.1, 0.15) is 40.0 Å². The largest absolute Gasteiger partial charge is 0.394 e. The molecule has 0 rings (SSSR count). The predicted molar refractivity (Wildman–Crippen MR) is 70.3 cm³/mol. The van der Waals surface area contributed by atoms with Crippen molar-refractivity contribution in [3.63, 3.8) is 0 Å². The minimum absolute atomic E-state index is 0.142. The van der Waals surface area contributed by atoms with Gasteiger partial charge in [-0.15, -0.1) is 0 Å². The maximum atomic E-state index is 9.34. The van der Waals surface area contributed by atoms with Gasteiger partial charge in [-0.05, 0) is 32.7 Å². The third-order valence-corrected chi connectivity index (χ3v) is 2.67. The van der Waals surface area contributed by atoms with Crippen LogP contribution < -0.4 is 5.32 Å². The van der Waals surface area contributed by atoms with Crippen molar-refractivity contribution in [3.05, 3.63) is 0 Å². The summed E-state index contributed by atoms with van der Waals surface area (Å²) in [4.78, 5) is 0. The molecule has 17 heavy (non-hydrogen) atoms. The molecule has 0 aromatic heterocycles. The lowest BCUT2D eigenvalue weighted by Gasteiger charge is -2.28. The van der Waals surface area contributed by atoms with Crippen molar-refractivity contribution in [1.82, 2.24) is 5.32 Å². The van der Waals surface area contributed by atoms with Crippen LogP contribution >= 0.6 is 0 Å². The number of hydrogen-bond donors (Lipinski definition) is 2. The van der Waals surface area contributed by atoms with Gasteiger partial charge in [-0.25, -0.2) is 0 Å². The van der Waals surface area contributed by atoms with Crippen LogP contribution in [0.25, 0.3) is 0 Å². The molecule has 0 aliphatic heterocycles. The molecule has 0 radical (unpaired) electrons. The lowest BCUT2D eigenvalue weighted by Crippen LogP contribution is -2.46. The Bertz CT molecular complexity index is 167. The van der Waals surface area contributed by atoms with Gasteiger partial charge in [-0.3, -0.25) is 0 Å². The fourth-order valence-electron chi connectivity index (χ4n) is 1.41. The second-order valence-electron chi connectivity index (χ2n) is 4.62. The number of hydrogen-bond acceptors (Lipinski definition) is 4. The zero-order valence-corrected chi connectivity index (χ0v) is 11.6. The van der Waals surface area contributed by atoms with Gasteiger partial charge in [-0.1, -0.05) is 13.8 Å². The van der Waals surface area contributed by atoms with Crippen molar-refractivity contribution in [3.8, 4) is 0 Å². The van der Waals surface area contributed by atoms with E-state index in [0.717, 1.165) is 32.4 Å². The molecule has 0 amide bonds. The highest BCUT2D eigenvalue weighted by Crippen LogP contribution is 2.08. The van der Waals surface area contributed by atoms with E-state index in [2.05, 4.69) is 19.2 Å². The fraction of sp³-hybridized carbons (Fsp3) is 1.00. The van der Waals surface area contributed by atoms with E-state index in [4.69, 9.17) is 9.47 Å². The van der Waals surface area contributed by atoms with Gasteiger partial charge in [0, 0.05) is 18.8 Å². The Morgan fingerprint density at radius 1 is 1.00 bits per heavy atom.